The number of halogens is 1. The Balaban J connectivity index is 2.18. The van der Waals surface area contributed by atoms with E-state index in [1.807, 2.05) is 18.3 Å². The van der Waals surface area contributed by atoms with E-state index in [-0.39, 0.29) is 5.92 Å². The highest BCUT2D eigenvalue weighted by atomic mass is 35.5. The van der Waals surface area contributed by atoms with Crippen LogP contribution in [0.15, 0.2) is 42.7 Å². The van der Waals surface area contributed by atoms with Crippen LogP contribution < -0.4 is 5.32 Å². The average molecular weight is 292 g/mol. The van der Waals surface area contributed by atoms with Crippen LogP contribution in [0.5, 0.6) is 0 Å². The maximum absolute atomic E-state index is 6.92. The molecule has 2 aromatic rings. The van der Waals surface area contributed by atoms with Gasteiger partial charge in [0.2, 0.25) is 0 Å². The Morgan fingerprint density at radius 1 is 1.47 bits per heavy atom. The molecule has 0 spiro atoms. The third kappa shape index (κ3) is 3.66. The monoisotopic (exact) mass is 291 g/mol. The van der Waals surface area contributed by atoms with E-state index in [9.17, 15) is 0 Å². The van der Waals surface area contributed by atoms with Crippen molar-refractivity contribution in [3.63, 3.8) is 0 Å². The predicted molar refractivity (Wildman–Crippen MR) is 82.6 cm³/mol. The third-order valence-corrected chi connectivity index (χ3v) is 4.05. The van der Waals surface area contributed by atoms with Crippen molar-refractivity contribution in [1.82, 2.24) is 4.98 Å². The van der Waals surface area contributed by atoms with Crippen LogP contribution in [0.3, 0.4) is 0 Å². The highest BCUT2D eigenvalue weighted by Crippen LogP contribution is 2.31. The maximum atomic E-state index is 6.92. The summed E-state index contributed by atoms with van der Waals surface area (Å²) in [6, 6.07) is 8.18. The molecule has 2 N–H and O–H groups in total. The number of hydrogen-bond donors (Lipinski definition) is 2. The quantitative estimate of drug-likeness (QED) is 0.796. The summed E-state index contributed by atoms with van der Waals surface area (Å²) in [6.07, 6.45) is 6.44. The van der Waals surface area contributed by atoms with E-state index >= 15 is 0 Å². The van der Waals surface area contributed by atoms with E-state index in [0.29, 0.717) is 4.47 Å². The number of anilines is 1. The van der Waals surface area contributed by atoms with Crippen LogP contribution in [-0.4, -0.2) is 11.2 Å². The number of allylic oxidation sites excluding steroid dienone is 1. The van der Waals surface area contributed by atoms with E-state index in [1.165, 1.54) is 23.1 Å². The lowest BCUT2D eigenvalue weighted by molar-refractivity contribution is 0.943. The van der Waals surface area contributed by atoms with Gasteiger partial charge in [0.05, 0.1) is 0 Å². The molecule has 0 saturated heterocycles. The molecule has 0 amide bonds. The molecule has 0 aliphatic carbocycles. The fourth-order valence-electron chi connectivity index (χ4n) is 1.72. The van der Waals surface area contributed by atoms with Crippen LogP contribution in [0.2, 0.25) is 4.47 Å². The van der Waals surface area contributed by atoms with Crippen LogP contribution in [-0.2, 0) is 0 Å². The predicted octanol–water partition coefficient (Wildman–Crippen LogP) is 4.52. The van der Waals surface area contributed by atoms with E-state index in [2.05, 4.69) is 29.4 Å². The van der Waals surface area contributed by atoms with Gasteiger partial charge in [-0.05, 0) is 23.8 Å². The molecule has 0 radical (unpaired) electrons. The molecule has 0 bridgehead atoms. The molecule has 1 aromatic heterocycles. The minimum Gasteiger partial charge on any atom is -0.362 e. The Labute approximate surface area is 121 Å². The molecule has 19 heavy (non-hydrogen) atoms. The lowest BCUT2D eigenvalue weighted by Crippen LogP contribution is -1.95. The summed E-state index contributed by atoms with van der Waals surface area (Å²) in [6.45, 7) is 2.14. The summed E-state index contributed by atoms with van der Waals surface area (Å²) in [4.78, 5) is 5.23. The Morgan fingerprint density at radius 3 is 3.00 bits per heavy atom. The summed E-state index contributed by atoms with van der Waals surface area (Å²) in [7, 11) is 0. The SMILES string of the molecule is CC(c1cccc(N/C=C\C=N)c1)c1cnc(Cl)s1. The molecule has 2 rings (SSSR count). The van der Waals surface area contributed by atoms with Crippen molar-refractivity contribution in [1.29, 1.82) is 5.41 Å². The van der Waals surface area contributed by atoms with Gasteiger partial charge in [-0.25, -0.2) is 4.98 Å². The van der Waals surface area contributed by atoms with E-state index < -0.39 is 0 Å². The van der Waals surface area contributed by atoms with Crippen LogP contribution in [0.1, 0.15) is 23.3 Å². The molecule has 98 valence electrons. The first kappa shape index (κ1) is 13.8. The summed E-state index contributed by atoms with van der Waals surface area (Å²) in [5.41, 5.74) is 2.20. The lowest BCUT2D eigenvalue weighted by atomic mass is 10.00. The average Bonchev–Trinajstić information content (AvgIpc) is 2.85. The second-order valence-corrected chi connectivity index (χ2v) is 5.68. The van der Waals surface area contributed by atoms with Crippen molar-refractivity contribution in [2.75, 3.05) is 5.32 Å². The molecule has 1 aromatic carbocycles. The van der Waals surface area contributed by atoms with Crippen molar-refractivity contribution < 1.29 is 0 Å². The molecular weight excluding hydrogens is 278 g/mol. The van der Waals surface area contributed by atoms with Gasteiger partial charge < -0.3 is 10.7 Å². The number of thiazole rings is 1. The Hall–Kier alpha value is -1.65. The van der Waals surface area contributed by atoms with Gasteiger partial charge in [0.15, 0.2) is 4.47 Å². The van der Waals surface area contributed by atoms with Crippen LogP contribution in [0, 0.1) is 5.41 Å². The van der Waals surface area contributed by atoms with Crippen molar-refractivity contribution in [2.24, 2.45) is 0 Å². The fourth-order valence-corrected chi connectivity index (χ4v) is 2.75. The molecule has 0 fully saturated rings. The summed E-state index contributed by atoms with van der Waals surface area (Å²) < 4.78 is 0.574. The Bertz CT molecular complexity index is 592. The van der Waals surface area contributed by atoms with Crippen molar-refractivity contribution >= 4 is 34.8 Å². The standard InChI is InChI=1S/C14H14ClN3S/c1-10(13-9-18-14(15)19-13)11-4-2-5-12(8-11)17-7-3-6-16/h2-10,16-17H,1H3/b7-3-,16-6?. The molecule has 0 aliphatic heterocycles. The normalized spacial score (nSPS) is 12.5. The first-order chi connectivity index (χ1) is 9.20. The van der Waals surface area contributed by atoms with Crippen LogP contribution in [0.25, 0.3) is 0 Å². The second kappa shape index (κ2) is 6.50. The molecular formula is C14H14ClN3S. The number of benzene rings is 1. The van der Waals surface area contributed by atoms with E-state index in [0.717, 1.165) is 10.6 Å². The Morgan fingerprint density at radius 2 is 2.32 bits per heavy atom. The molecule has 3 nitrogen and oxygen atoms in total. The highest BCUT2D eigenvalue weighted by Gasteiger charge is 2.11. The van der Waals surface area contributed by atoms with Gasteiger partial charge in [-0.15, -0.1) is 11.3 Å². The van der Waals surface area contributed by atoms with Gasteiger partial charge in [0.1, 0.15) is 0 Å². The number of aromatic nitrogens is 1. The van der Waals surface area contributed by atoms with Crippen molar-refractivity contribution in [3.8, 4) is 0 Å². The second-order valence-electron chi connectivity index (χ2n) is 4.03. The molecule has 1 unspecified atom stereocenters. The molecule has 1 heterocycles. The molecule has 1 atom stereocenters. The first-order valence-electron chi connectivity index (χ1n) is 5.84. The lowest BCUT2D eigenvalue weighted by Gasteiger charge is -2.11. The smallest absolute Gasteiger partial charge is 0.183 e. The van der Waals surface area contributed by atoms with Crippen molar-refractivity contribution in [3.05, 3.63) is 57.6 Å². The van der Waals surface area contributed by atoms with Gasteiger partial charge in [0.25, 0.3) is 0 Å². The topological polar surface area (TPSA) is 48.8 Å². The summed E-state index contributed by atoms with van der Waals surface area (Å²) >= 11 is 7.38. The number of rotatable bonds is 5. The summed E-state index contributed by atoms with van der Waals surface area (Å²) in [5, 5.41) is 10.1. The highest BCUT2D eigenvalue weighted by molar-refractivity contribution is 7.15. The van der Waals surface area contributed by atoms with Gasteiger partial charge in [-0.3, -0.25) is 0 Å². The molecule has 0 saturated carbocycles. The van der Waals surface area contributed by atoms with Gasteiger partial charge in [-0.2, -0.15) is 0 Å². The van der Waals surface area contributed by atoms with Gasteiger partial charge in [-0.1, -0.05) is 30.7 Å². The van der Waals surface area contributed by atoms with Gasteiger partial charge in [0, 0.05) is 35.1 Å². The molecule has 5 heteroatoms. The zero-order valence-electron chi connectivity index (χ0n) is 10.4. The number of nitrogens with zero attached hydrogens (tertiary/aromatic N) is 1. The zero-order valence-corrected chi connectivity index (χ0v) is 12.0. The fraction of sp³-hybridized carbons (Fsp3) is 0.143. The summed E-state index contributed by atoms with van der Waals surface area (Å²) in [5.74, 6) is 0.262. The minimum atomic E-state index is 0.262. The van der Waals surface area contributed by atoms with E-state index in [4.69, 9.17) is 17.0 Å². The molecule has 0 aliphatic rings. The largest absolute Gasteiger partial charge is 0.362 e. The van der Waals surface area contributed by atoms with Crippen LogP contribution >= 0.6 is 22.9 Å². The Kier molecular flexibility index (Phi) is 4.71. The van der Waals surface area contributed by atoms with Gasteiger partial charge >= 0.3 is 0 Å². The first-order valence-corrected chi connectivity index (χ1v) is 7.03. The van der Waals surface area contributed by atoms with Crippen LogP contribution in [0.4, 0.5) is 5.69 Å². The van der Waals surface area contributed by atoms with Crippen molar-refractivity contribution in [2.45, 2.75) is 12.8 Å². The van der Waals surface area contributed by atoms with E-state index in [1.54, 1.807) is 12.3 Å². The zero-order chi connectivity index (χ0) is 13.7. The minimum absolute atomic E-state index is 0.262. The number of hydrogen-bond acceptors (Lipinski definition) is 4. The third-order valence-electron chi connectivity index (χ3n) is 2.75. The maximum Gasteiger partial charge on any atom is 0.183 e. The number of nitrogens with one attached hydrogen (secondary N) is 2.